The zero-order chi connectivity index (χ0) is 34.9. The van der Waals surface area contributed by atoms with Crippen LogP contribution in [0, 0.1) is 0 Å². The Hall–Kier alpha value is -7.10. The molecule has 0 aliphatic heterocycles. The third-order valence-electron chi connectivity index (χ3n) is 10.6. The maximum absolute atomic E-state index is 6.74. The molecule has 9 aromatic carbocycles. The summed E-state index contributed by atoms with van der Waals surface area (Å²) >= 11 is 0. The van der Waals surface area contributed by atoms with E-state index in [0.717, 1.165) is 83.2 Å². The van der Waals surface area contributed by atoms with Gasteiger partial charge in [0.05, 0.1) is 5.69 Å². The fourth-order valence-electron chi connectivity index (χ4n) is 8.17. The molecule has 3 nitrogen and oxygen atoms in total. The minimum Gasteiger partial charge on any atom is -0.456 e. The van der Waals surface area contributed by atoms with Gasteiger partial charge in [0.25, 0.3) is 0 Å². The largest absolute Gasteiger partial charge is 0.456 e. The van der Waals surface area contributed by atoms with E-state index >= 15 is 0 Å². The quantitative estimate of drug-likeness (QED) is 0.170. The highest BCUT2D eigenvalue weighted by Crippen LogP contribution is 2.46. The van der Waals surface area contributed by atoms with Gasteiger partial charge in [-0.05, 0) is 98.4 Å². The summed E-state index contributed by atoms with van der Waals surface area (Å²) < 4.78 is 13.1. The highest BCUT2D eigenvalue weighted by atomic mass is 16.3. The summed E-state index contributed by atoms with van der Waals surface area (Å²) in [5.74, 6) is 0. The monoisotopic (exact) mass is 677 g/mol. The van der Waals surface area contributed by atoms with Gasteiger partial charge in [-0.15, -0.1) is 0 Å². The molecule has 0 aliphatic carbocycles. The van der Waals surface area contributed by atoms with Crippen LogP contribution in [-0.2, 0) is 0 Å². The molecule has 3 heteroatoms. The fourth-order valence-corrected chi connectivity index (χ4v) is 8.17. The molecule has 0 unspecified atom stereocenters. The van der Waals surface area contributed by atoms with Crippen LogP contribution in [0.1, 0.15) is 0 Å². The Morgan fingerprint density at radius 1 is 0.340 bits per heavy atom. The Labute approximate surface area is 305 Å². The van der Waals surface area contributed by atoms with E-state index in [1.807, 2.05) is 18.2 Å². The van der Waals surface area contributed by atoms with Gasteiger partial charge >= 0.3 is 0 Å². The van der Waals surface area contributed by atoms with Gasteiger partial charge in [-0.3, -0.25) is 0 Å². The molecule has 0 atom stereocenters. The maximum atomic E-state index is 6.74. The molecule has 0 saturated carbocycles. The first-order chi connectivity index (χ1) is 26.3. The van der Waals surface area contributed by atoms with E-state index in [2.05, 4.69) is 175 Å². The lowest BCUT2D eigenvalue weighted by Gasteiger charge is -2.27. The number of anilines is 3. The van der Waals surface area contributed by atoms with Gasteiger partial charge in [-0.1, -0.05) is 133 Å². The highest BCUT2D eigenvalue weighted by molar-refractivity contribution is 6.14. The van der Waals surface area contributed by atoms with Gasteiger partial charge in [0.15, 0.2) is 5.58 Å². The molecule has 248 valence electrons. The van der Waals surface area contributed by atoms with Crippen molar-refractivity contribution in [1.82, 2.24) is 0 Å². The lowest BCUT2D eigenvalue weighted by atomic mass is 9.94. The Balaban J connectivity index is 1.24. The fraction of sp³-hybridized carbons (Fsp3) is 0. The lowest BCUT2D eigenvalue weighted by molar-refractivity contribution is 0.668. The third-order valence-corrected chi connectivity index (χ3v) is 10.6. The van der Waals surface area contributed by atoms with Crippen molar-refractivity contribution in [2.24, 2.45) is 0 Å². The van der Waals surface area contributed by atoms with Crippen LogP contribution in [0.5, 0.6) is 0 Å². The molecule has 11 aromatic rings. The van der Waals surface area contributed by atoms with Gasteiger partial charge in [0.1, 0.15) is 16.7 Å². The number of hydrogen-bond donors (Lipinski definition) is 0. The van der Waals surface area contributed by atoms with E-state index in [-0.39, 0.29) is 0 Å². The van der Waals surface area contributed by atoms with Crippen LogP contribution < -0.4 is 4.90 Å². The predicted octanol–water partition coefficient (Wildman–Crippen LogP) is 14.6. The number of hydrogen-bond acceptors (Lipinski definition) is 3. The minimum atomic E-state index is 0.848. The Morgan fingerprint density at radius 2 is 0.981 bits per heavy atom. The van der Waals surface area contributed by atoms with Crippen LogP contribution in [0.2, 0.25) is 0 Å². The Morgan fingerprint density at radius 3 is 1.85 bits per heavy atom. The summed E-state index contributed by atoms with van der Waals surface area (Å²) in [7, 11) is 0. The molecule has 0 aliphatic rings. The lowest BCUT2D eigenvalue weighted by Crippen LogP contribution is -2.11. The molecule has 0 spiro atoms. The predicted molar refractivity (Wildman–Crippen MR) is 222 cm³/mol. The van der Waals surface area contributed by atoms with Crippen molar-refractivity contribution >= 4 is 82.5 Å². The topological polar surface area (TPSA) is 29.5 Å². The molecule has 0 radical (unpaired) electrons. The van der Waals surface area contributed by atoms with Crippen LogP contribution in [0.25, 0.3) is 87.7 Å². The van der Waals surface area contributed by atoms with E-state index in [0.29, 0.717) is 0 Å². The molecule has 2 heterocycles. The van der Waals surface area contributed by atoms with E-state index in [9.17, 15) is 0 Å². The standard InChI is InChI=1S/C50H31NO2/c1-2-12-32(13-3-1)35-28-36(40-18-11-23-48-49(40)43-17-7-9-22-47(43)52-48)30-38(29-35)51(45-20-10-19-42-41-16-6-8-21-46(41)53-50(42)45)37-27-26-34-25-24-33-14-4-5-15-39(33)44(34)31-37/h1-31H. The van der Waals surface area contributed by atoms with Gasteiger partial charge in [-0.25, -0.2) is 0 Å². The molecule has 0 fully saturated rings. The first-order valence-corrected chi connectivity index (χ1v) is 18.0. The summed E-state index contributed by atoms with van der Waals surface area (Å²) in [4.78, 5) is 2.37. The highest BCUT2D eigenvalue weighted by Gasteiger charge is 2.22. The van der Waals surface area contributed by atoms with Gasteiger partial charge in [0, 0.05) is 32.9 Å². The minimum absolute atomic E-state index is 0.848. The number of furan rings is 2. The SMILES string of the molecule is c1ccc(-c2cc(-c3cccc4oc5ccccc5c34)cc(N(c3ccc4ccc5ccccc5c4c3)c3cccc4c3oc3ccccc34)c2)cc1. The average Bonchev–Trinajstić information content (AvgIpc) is 3.80. The summed E-state index contributed by atoms with van der Waals surface area (Å²) in [6.45, 7) is 0. The molecule has 2 aromatic heterocycles. The number of rotatable bonds is 5. The second-order valence-electron chi connectivity index (χ2n) is 13.7. The number of nitrogens with zero attached hydrogens (tertiary/aromatic N) is 1. The van der Waals surface area contributed by atoms with Crippen LogP contribution in [-0.4, -0.2) is 0 Å². The number of para-hydroxylation sites is 3. The average molecular weight is 678 g/mol. The van der Waals surface area contributed by atoms with E-state index < -0.39 is 0 Å². The molecule has 0 N–H and O–H groups in total. The van der Waals surface area contributed by atoms with Crippen LogP contribution in [0.3, 0.4) is 0 Å². The Bertz CT molecular complexity index is 3190. The summed E-state index contributed by atoms with van der Waals surface area (Å²) in [5, 5.41) is 9.26. The van der Waals surface area contributed by atoms with Crippen LogP contribution in [0.4, 0.5) is 17.1 Å². The van der Waals surface area contributed by atoms with Crippen molar-refractivity contribution in [3.05, 3.63) is 188 Å². The van der Waals surface area contributed by atoms with Gasteiger partial charge in [0.2, 0.25) is 0 Å². The van der Waals surface area contributed by atoms with E-state index in [1.165, 1.54) is 21.5 Å². The molecule has 0 amide bonds. The zero-order valence-corrected chi connectivity index (χ0v) is 28.7. The summed E-state index contributed by atoms with van der Waals surface area (Å²) in [6, 6.07) is 66.9. The van der Waals surface area contributed by atoms with Gasteiger partial charge in [-0.2, -0.15) is 0 Å². The Kier molecular flexibility index (Phi) is 6.55. The zero-order valence-electron chi connectivity index (χ0n) is 28.7. The van der Waals surface area contributed by atoms with Gasteiger partial charge < -0.3 is 13.7 Å². The number of benzene rings is 9. The molecule has 11 rings (SSSR count). The first-order valence-electron chi connectivity index (χ1n) is 18.0. The van der Waals surface area contributed by atoms with Crippen molar-refractivity contribution in [2.75, 3.05) is 4.90 Å². The second kappa shape index (κ2) is 11.7. The van der Waals surface area contributed by atoms with Crippen molar-refractivity contribution < 1.29 is 8.83 Å². The smallest absolute Gasteiger partial charge is 0.159 e. The van der Waals surface area contributed by atoms with Crippen molar-refractivity contribution in [3.63, 3.8) is 0 Å². The summed E-state index contributed by atoms with van der Waals surface area (Å²) in [6.07, 6.45) is 0. The first kappa shape index (κ1) is 29.6. The molecule has 0 saturated heterocycles. The number of fused-ring (bicyclic) bond motifs is 9. The second-order valence-corrected chi connectivity index (χ2v) is 13.7. The van der Waals surface area contributed by atoms with Crippen molar-refractivity contribution in [3.8, 4) is 22.3 Å². The normalized spacial score (nSPS) is 11.8. The van der Waals surface area contributed by atoms with Crippen molar-refractivity contribution in [2.45, 2.75) is 0 Å². The van der Waals surface area contributed by atoms with E-state index in [1.54, 1.807) is 0 Å². The maximum Gasteiger partial charge on any atom is 0.159 e. The molecular formula is C50H31NO2. The molecule has 0 bridgehead atoms. The summed E-state index contributed by atoms with van der Waals surface area (Å²) in [5.41, 5.74) is 11.0. The van der Waals surface area contributed by atoms with Crippen molar-refractivity contribution in [1.29, 1.82) is 0 Å². The van der Waals surface area contributed by atoms with E-state index in [4.69, 9.17) is 8.83 Å². The molecular weight excluding hydrogens is 647 g/mol. The molecule has 53 heavy (non-hydrogen) atoms. The van der Waals surface area contributed by atoms with Crippen LogP contribution >= 0.6 is 0 Å². The third kappa shape index (κ3) is 4.75. The van der Waals surface area contributed by atoms with Crippen LogP contribution in [0.15, 0.2) is 197 Å².